The van der Waals surface area contributed by atoms with Crippen molar-refractivity contribution in [1.29, 1.82) is 0 Å². The average Bonchev–Trinajstić information content (AvgIpc) is 3.05. The number of nitrogens with zero attached hydrogens (tertiary/aromatic N) is 5. The third-order valence-corrected chi connectivity index (χ3v) is 3.45. The van der Waals surface area contributed by atoms with Gasteiger partial charge in [-0.05, 0) is 13.8 Å². The molecule has 0 aliphatic rings. The normalized spacial score (nSPS) is 10.8. The van der Waals surface area contributed by atoms with Gasteiger partial charge in [-0.1, -0.05) is 11.6 Å². The molecule has 2 aromatic rings. The SMILES string of the molecule is CCn1cc(C(=O)N(C)Cc2c(Cl)cnn2CC)cn1. The Bertz CT molecular complexity index is 604. The van der Waals surface area contributed by atoms with Gasteiger partial charge in [-0.15, -0.1) is 0 Å². The molecule has 2 aromatic heterocycles. The van der Waals surface area contributed by atoms with Crippen molar-refractivity contribution in [1.82, 2.24) is 24.5 Å². The molecule has 20 heavy (non-hydrogen) atoms. The molecule has 2 rings (SSSR count). The fourth-order valence-electron chi connectivity index (χ4n) is 1.98. The van der Waals surface area contributed by atoms with E-state index in [0.717, 1.165) is 18.8 Å². The Hall–Kier alpha value is -1.82. The maximum atomic E-state index is 12.3. The van der Waals surface area contributed by atoms with E-state index < -0.39 is 0 Å². The van der Waals surface area contributed by atoms with Gasteiger partial charge in [0.2, 0.25) is 0 Å². The molecule has 7 heteroatoms. The summed E-state index contributed by atoms with van der Waals surface area (Å²) in [7, 11) is 1.74. The van der Waals surface area contributed by atoms with Gasteiger partial charge in [-0.3, -0.25) is 14.2 Å². The van der Waals surface area contributed by atoms with Crippen LogP contribution in [0.3, 0.4) is 0 Å². The number of aromatic nitrogens is 4. The first kappa shape index (κ1) is 14.6. The van der Waals surface area contributed by atoms with Crippen molar-refractivity contribution in [2.45, 2.75) is 33.5 Å². The Kier molecular flexibility index (Phi) is 4.44. The van der Waals surface area contributed by atoms with Crippen LogP contribution in [0.1, 0.15) is 29.9 Å². The number of carbonyl (C=O) groups excluding carboxylic acids is 1. The monoisotopic (exact) mass is 295 g/mol. The molecule has 0 aliphatic carbocycles. The van der Waals surface area contributed by atoms with E-state index in [1.807, 2.05) is 13.8 Å². The Morgan fingerprint density at radius 3 is 2.65 bits per heavy atom. The third-order valence-electron chi connectivity index (χ3n) is 3.14. The summed E-state index contributed by atoms with van der Waals surface area (Å²) in [6, 6.07) is 0. The number of hydrogen-bond donors (Lipinski definition) is 0. The Labute approximate surface area is 122 Å². The second-order valence-electron chi connectivity index (χ2n) is 4.50. The van der Waals surface area contributed by atoms with Gasteiger partial charge in [0.05, 0.1) is 35.2 Å². The number of halogens is 1. The maximum absolute atomic E-state index is 12.3. The predicted molar refractivity (Wildman–Crippen MR) is 76.6 cm³/mol. The summed E-state index contributed by atoms with van der Waals surface area (Å²) in [5.74, 6) is -0.0791. The van der Waals surface area contributed by atoms with E-state index in [1.54, 1.807) is 39.9 Å². The lowest BCUT2D eigenvalue weighted by Gasteiger charge is -2.17. The van der Waals surface area contributed by atoms with Crippen LogP contribution in [0.4, 0.5) is 0 Å². The van der Waals surface area contributed by atoms with Gasteiger partial charge in [-0.25, -0.2) is 0 Å². The van der Waals surface area contributed by atoms with E-state index in [-0.39, 0.29) is 5.91 Å². The van der Waals surface area contributed by atoms with Crippen molar-refractivity contribution in [3.8, 4) is 0 Å². The highest BCUT2D eigenvalue weighted by atomic mass is 35.5. The minimum Gasteiger partial charge on any atom is -0.336 e. The van der Waals surface area contributed by atoms with Gasteiger partial charge < -0.3 is 4.90 Å². The first-order chi connectivity index (χ1) is 9.56. The molecule has 0 radical (unpaired) electrons. The minimum atomic E-state index is -0.0791. The first-order valence-corrected chi connectivity index (χ1v) is 6.92. The molecule has 0 spiro atoms. The molecule has 2 heterocycles. The molecule has 6 nitrogen and oxygen atoms in total. The summed E-state index contributed by atoms with van der Waals surface area (Å²) >= 11 is 6.11. The third kappa shape index (κ3) is 2.85. The molecule has 0 N–H and O–H groups in total. The van der Waals surface area contributed by atoms with E-state index >= 15 is 0 Å². The van der Waals surface area contributed by atoms with E-state index in [4.69, 9.17) is 11.6 Å². The second kappa shape index (κ2) is 6.09. The molecular formula is C13H18ClN5O. The zero-order chi connectivity index (χ0) is 14.7. The van der Waals surface area contributed by atoms with Crippen molar-refractivity contribution in [3.63, 3.8) is 0 Å². The fourth-order valence-corrected chi connectivity index (χ4v) is 2.18. The van der Waals surface area contributed by atoms with Crippen molar-refractivity contribution in [2.75, 3.05) is 7.05 Å². The summed E-state index contributed by atoms with van der Waals surface area (Å²) in [4.78, 5) is 13.9. The summed E-state index contributed by atoms with van der Waals surface area (Å²) in [6.07, 6.45) is 4.94. The van der Waals surface area contributed by atoms with E-state index in [0.29, 0.717) is 17.1 Å². The summed E-state index contributed by atoms with van der Waals surface area (Å²) in [5.41, 5.74) is 1.42. The van der Waals surface area contributed by atoms with Gasteiger partial charge in [-0.2, -0.15) is 10.2 Å². The Morgan fingerprint density at radius 1 is 1.30 bits per heavy atom. The smallest absolute Gasteiger partial charge is 0.257 e. The lowest BCUT2D eigenvalue weighted by atomic mass is 10.3. The molecule has 0 fully saturated rings. The zero-order valence-electron chi connectivity index (χ0n) is 11.9. The van der Waals surface area contributed by atoms with Crippen LogP contribution in [-0.4, -0.2) is 37.4 Å². The van der Waals surface area contributed by atoms with E-state index in [2.05, 4.69) is 10.2 Å². The van der Waals surface area contributed by atoms with Crippen LogP contribution in [0.2, 0.25) is 5.02 Å². The number of aryl methyl sites for hydroxylation is 2. The summed E-state index contributed by atoms with van der Waals surface area (Å²) in [6.45, 7) is 5.84. The van der Waals surface area contributed by atoms with E-state index in [9.17, 15) is 4.79 Å². The van der Waals surface area contributed by atoms with Gasteiger partial charge in [0.15, 0.2) is 0 Å². The molecule has 0 aliphatic heterocycles. The number of carbonyl (C=O) groups is 1. The van der Waals surface area contributed by atoms with Crippen LogP contribution in [0.5, 0.6) is 0 Å². The van der Waals surface area contributed by atoms with Crippen molar-refractivity contribution < 1.29 is 4.79 Å². The topological polar surface area (TPSA) is 56.0 Å². The molecule has 0 atom stereocenters. The Balaban J connectivity index is 2.13. The highest BCUT2D eigenvalue weighted by Crippen LogP contribution is 2.17. The zero-order valence-corrected chi connectivity index (χ0v) is 12.6. The molecular weight excluding hydrogens is 278 g/mol. The maximum Gasteiger partial charge on any atom is 0.257 e. The second-order valence-corrected chi connectivity index (χ2v) is 4.91. The largest absolute Gasteiger partial charge is 0.336 e. The van der Waals surface area contributed by atoms with E-state index in [1.165, 1.54) is 0 Å². The van der Waals surface area contributed by atoms with Gasteiger partial charge in [0.25, 0.3) is 5.91 Å². The van der Waals surface area contributed by atoms with Gasteiger partial charge >= 0.3 is 0 Å². The van der Waals surface area contributed by atoms with Crippen molar-refractivity contribution in [3.05, 3.63) is 34.9 Å². The van der Waals surface area contributed by atoms with Crippen LogP contribution in [0.25, 0.3) is 0 Å². The molecule has 0 unspecified atom stereocenters. The van der Waals surface area contributed by atoms with Crippen molar-refractivity contribution >= 4 is 17.5 Å². The molecule has 0 aromatic carbocycles. The lowest BCUT2D eigenvalue weighted by molar-refractivity contribution is 0.0781. The number of amides is 1. The quantitative estimate of drug-likeness (QED) is 0.848. The highest BCUT2D eigenvalue weighted by molar-refractivity contribution is 6.31. The summed E-state index contributed by atoms with van der Waals surface area (Å²) < 4.78 is 3.52. The minimum absolute atomic E-state index is 0.0791. The lowest BCUT2D eigenvalue weighted by Crippen LogP contribution is -2.27. The molecule has 0 saturated carbocycles. The van der Waals surface area contributed by atoms with Gasteiger partial charge in [0, 0.05) is 26.3 Å². The highest BCUT2D eigenvalue weighted by Gasteiger charge is 2.17. The van der Waals surface area contributed by atoms with Crippen LogP contribution < -0.4 is 0 Å². The summed E-state index contributed by atoms with van der Waals surface area (Å²) in [5, 5.41) is 8.86. The number of hydrogen-bond acceptors (Lipinski definition) is 3. The first-order valence-electron chi connectivity index (χ1n) is 6.54. The fraction of sp³-hybridized carbons (Fsp3) is 0.462. The van der Waals surface area contributed by atoms with Crippen LogP contribution >= 0.6 is 11.6 Å². The van der Waals surface area contributed by atoms with Crippen molar-refractivity contribution in [2.24, 2.45) is 0 Å². The Morgan fingerprint density at radius 2 is 2.05 bits per heavy atom. The van der Waals surface area contributed by atoms with Gasteiger partial charge in [0.1, 0.15) is 0 Å². The standard InChI is InChI=1S/C13H18ClN5O/c1-4-18-8-10(6-15-18)13(20)17(3)9-12-11(14)7-16-19(12)5-2/h6-8H,4-5,9H2,1-3H3. The molecule has 0 bridgehead atoms. The predicted octanol–water partition coefficient (Wildman–Crippen LogP) is 2.04. The average molecular weight is 296 g/mol. The number of rotatable bonds is 5. The van der Waals surface area contributed by atoms with Crippen LogP contribution in [0, 0.1) is 0 Å². The molecule has 0 saturated heterocycles. The molecule has 108 valence electrons. The van der Waals surface area contributed by atoms with Crippen LogP contribution in [-0.2, 0) is 19.6 Å². The van der Waals surface area contributed by atoms with Crippen LogP contribution in [0.15, 0.2) is 18.6 Å². The molecule has 1 amide bonds.